The van der Waals surface area contributed by atoms with Crippen molar-refractivity contribution in [3.8, 4) is 23.0 Å². The molecule has 0 amide bonds. The Kier molecular flexibility index (Phi) is 15.8. The Hall–Kier alpha value is -9.41. The molecule has 1 unspecified atom stereocenters. The molecule has 8 aromatic rings. The molecule has 6 aromatic carbocycles. The largest absolute Gasteiger partial charge is 0.465 e. The lowest BCUT2D eigenvalue weighted by atomic mass is 9.70. The van der Waals surface area contributed by atoms with E-state index >= 15 is 0 Å². The molecule has 504 valence electrons. The van der Waals surface area contributed by atoms with Gasteiger partial charge in [-0.15, -0.1) is 0 Å². The number of hydrogen-bond donors (Lipinski definition) is 3. The molecule has 1 atom stereocenters. The number of fused-ring (bicyclic) bond motifs is 11. The number of aromatic amines is 2. The molecule has 10 nitrogen and oxygen atoms in total. The monoisotopic (exact) mass is 1300 g/mol. The van der Waals surface area contributed by atoms with Crippen LogP contribution in [0.25, 0.3) is 22.3 Å². The minimum absolute atomic E-state index is 0.281. The molecular weight excluding hydrogens is 1210 g/mol. The van der Waals surface area contributed by atoms with E-state index in [1.807, 2.05) is 12.1 Å². The minimum atomic E-state index is -0.656. The molecule has 10 heteroatoms. The Labute approximate surface area is 579 Å². The summed E-state index contributed by atoms with van der Waals surface area (Å²) in [5.74, 6) is 1.39. The third kappa shape index (κ3) is 11.1. The maximum Gasteiger partial charge on any atom is 0.341 e. The SMILES string of the molecule is COC(=O)c1cc(C(C)(C)C)cc2c1Oc1c(/C3=C4\C=CC(N4)/C(c4c(C)cc(C)cc4C)=c4/cc/c([nH]4)=C(\c4cc(C(C)(C)C)cc5c4Oc4c(C(=O)OC)cc(C(C)(C)C)cc4C5(C)C)c4ccc([nH]4)/C(c4c(C)cc(C)cc4C)=C4/C=CC3=N4)cc(C(C)(C)C)cc1C2(C)C. The quantitative estimate of drug-likeness (QED) is 0.142. The van der Waals surface area contributed by atoms with Crippen LogP contribution in [0.3, 0.4) is 0 Å². The van der Waals surface area contributed by atoms with Crippen LogP contribution in [-0.4, -0.2) is 47.9 Å². The highest BCUT2D eigenvalue weighted by molar-refractivity contribution is 6.32. The fraction of sp³-hybridized carbons (Fsp3) is 0.352. The first kappa shape index (κ1) is 67.2. The molecule has 2 aromatic heterocycles. The second-order valence-electron chi connectivity index (χ2n) is 33.3. The van der Waals surface area contributed by atoms with Gasteiger partial charge in [-0.2, -0.15) is 0 Å². The minimum Gasteiger partial charge on any atom is -0.465 e. The number of carbonyl (C=O) groups is 2. The molecule has 8 bridgehead atoms. The number of esters is 2. The Balaban J connectivity index is 1.16. The van der Waals surface area contributed by atoms with E-state index in [-0.39, 0.29) is 27.7 Å². The fourth-order valence-electron chi connectivity index (χ4n) is 15.6. The van der Waals surface area contributed by atoms with E-state index in [2.05, 4.69) is 277 Å². The van der Waals surface area contributed by atoms with Crippen molar-refractivity contribution in [2.75, 3.05) is 14.2 Å². The number of aromatic nitrogens is 2. The van der Waals surface area contributed by atoms with Crippen molar-refractivity contribution in [1.29, 1.82) is 0 Å². The van der Waals surface area contributed by atoms with E-state index in [0.29, 0.717) is 34.1 Å². The molecular formula is C88H96N4O6. The third-order valence-corrected chi connectivity index (χ3v) is 21.1. The first-order chi connectivity index (χ1) is 45.8. The average molecular weight is 1310 g/mol. The lowest BCUT2D eigenvalue weighted by Gasteiger charge is -2.39. The third-order valence-electron chi connectivity index (χ3n) is 21.1. The molecule has 7 heterocycles. The van der Waals surface area contributed by atoms with Gasteiger partial charge >= 0.3 is 11.9 Å². The molecule has 5 aliphatic rings. The summed E-state index contributed by atoms with van der Waals surface area (Å²) in [6.07, 6.45) is 8.84. The van der Waals surface area contributed by atoms with E-state index in [9.17, 15) is 9.59 Å². The van der Waals surface area contributed by atoms with Gasteiger partial charge in [0.2, 0.25) is 0 Å². The van der Waals surface area contributed by atoms with Gasteiger partial charge < -0.3 is 34.2 Å². The van der Waals surface area contributed by atoms with Gasteiger partial charge in [0.15, 0.2) is 0 Å². The highest BCUT2D eigenvalue weighted by atomic mass is 16.5. The normalized spacial score (nSPS) is 19.4. The number of hydrogen-bond acceptors (Lipinski definition) is 8. The molecule has 3 N–H and O–H groups in total. The first-order valence-electron chi connectivity index (χ1n) is 34.6. The lowest BCUT2D eigenvalue weighted by molar-refractivity contribution is 0.0587. The molecule has 98 heavy (non-hydrogen) atoms. The molecule has 0 radical (unpaired) electrons. The van der Waals surface area contributed by atoms with Crippen LogP contribution in [0.5, 0.6) is 23.0 Å². The Bertz CT molecular complexity index is 5060. The smallest absolute Gasteiger partial charge is 0.341 e. The summed E-state index contributed by atoms with van der Waals surface area (Å²) in [4.78, 5) is 42.7. The van der Waals surface area contributed by atoms with Crippen LogP contribution in [0.2, 0.25) is 0 Å². The highest BCUT2D eigenvalue weighted by Gasteiger charge is 2.44. The molecule has 0 saturated carbocycles. The number of carbonyl (C=O) groups excluding carboxylic acids is 2. The van der Waals surface area contributed by atoms with Gasteiger partial charge in [-0.3, -0.25) is 0 Å². The number of aliphatic imine (C=N–C) groups is 1. The Morgan fingerprint density at radius 2 is 0.867 bits per heavy atom. The second-order valence-corrected chi connectivity index (χ2v) is 33.3. The fourth-order valence-corrected chi connectivity index (χ4v) is 15.6. The van der Waals surface area contributed by atoms with E-state index in [1.165, 1.54) is 25.3 Å². The zero-order chi connectivity index (χ0) is 70.7. The summed E-state index contributed by atoms with van der Waals surface area (Å²) in [5, 5.41) is 5.98. The maximum atomic E-state index is 14.2. The molecule has 0 fully saturated rings. The summed E-state index contributed by atoms with van der Waals surface area (Å²) >= 11 is 0. The number of allylic oxidation sites excluding steroid dienone is 4. The maximum absolute atomic E-state index is 14.2. The van der Waals surface area contributed by atoms with E-state index in [1.54, 1.807) is 0 Å². The summed E-state index contributed by atoms with van der Waals surface area (Å²) in [7, 11) is 2.88. The van der Waals surface area contributed by atoms with Crippen molar-refractivity contribution in [3.63, 3.8) is 0 Å². The zero-order valence-corrected chi connectivity index (χ0v) is 62.0. The number of methoxy groups -OCH3 is 2. The van der Waals surface area contributed by atoms with E-state index in [4.69, 9.17) is 23.9 Å². The van der Waals surface area contributed by atoms with E-state index in [0.717, 1.165) is 150 Å². The van der Waals surface area contributed by atoms with Crippen molar-refractivity contribution in [2.45, 2.75) is 191 Å². The molecule has 0 saturated heterocycles. The summed E-state index contributed by atoms with van der Waals surface area (Å²) in [6, 6.07) is 35.1. The predicted octanol–water partition coefficient (Wildman–Crippen LogP) is 19.0. The number of benzene rings is 6. The number of nitrogens with one attached hydrogen (secondary N) is 3. The topological polar surface area (TPSA) is 127 Å². The van der Waals surface area contributed by atoms with Crippen LogP contribution in [0.15, 0.2) is 138 Å². The number of H-pyrrole nitrogens is 2. The highest BCUT2D eigenvalue weighted by Crippen LogP contribution is 2.57. The zero-order valence-electron chi connectivity index (χ0n) is 62.0. The standard InChI is InChI=1S/C88H96N4O6/c1-45-33-47(3)71(48(4)34-45)75-67-29-25-63(89-67)73(55-37-51(83(7,8)9)41-59-77(55)97-79-57(81(93)95-23)39-53(85(13,14)15)43-61(79)87(59,19)20)65-27-31-69(91-65)76(72-49(5)35-46(2)36-50(72)6)70-32-28-66(92-70)74(64-26-30-68(75)90-64)56-38-52(84(10,11)12)42-60-78(56)98-80-58(82(94)96-24)40-54(86(16,17)18)44-62(80)88(60,21)22/h25-44,67,89-90,92H,1-24H3/b73-63-,74-64-,75-68+,76-69+. The van der Waals surface area contributed by atoms with Crippen LogP contribution in [0, 0.1) is 41.5 Å². The van der Waals surface area contributed by atoms with Crippen LogP contribution < -0.4 is 25.5 Å². The van der Waals surface area contributed by atoms with Gasteiger partial charge in [-0.05, 0) is 186 Å². The van der Waals surface area contributed by atoms with Crippen LogP contribution in [-0.2, 0) is 42.0 Å². The molecule has 0 aliphatic carbocycles. The van der Waals surface area contributed by atoms with E-state index < -0.39 is 22.8 Å². The lowest BCUT2D eigenvalue weighted by Crippen LogP contribution is -2.31. The number of ether oxygens (including phenoxy) is 4. The van der Waals surface area contributed by atoms with Crippen molar-refractivity contribution in [3.05, 3.63) is 266 Å². The van der Waals surface area contributed by atoms with Gasteiger partial charge in [0.05, 0.1) is 31.7 Å². The van der Waals surface area contributed by atoms with Crippen molar-refractivity contribution < 1.29 is 28.5 Å². The summed E-state index contributed by atoms with van der Waals surface area (Å²) < 4.78 is 26.2. The van der Waals surface area contributed by atoms with Crippen LogP contribution in [0.1, 0.15) is 243 Å². The number of nitrogens with zero attached hydrogens (tertiary/aromatic N) is 1. The van der Waals surface area contributed by atoms with Gasteiger partial charge in [0, 0.05) is 94.3 Å². The number of aryl methyl sites for hydroxylation is 6. The molecule has 5 aliphatic heterocycles. The van der Waals surface area contributed by atoms with Gasteiger partial charge in [0.25, 0.3) is 0 Å². The second kappa shape index (κ2) is 23.1. The number of rotatable bonds is 6. The molecule has 0 spiro atoms. The first-order valence-corrected chi connectivity index (χ1v) is 34.6. The van der Waals surface area contributed by atoms with Crippen molar-refractivity contribution in [2.24, 2.45) is 4.99 Å². The molecule has 13 rings (SSSR count). The van der Waals surface area contributed by atoms with Gasteiger partial charge in [-0.25, -0.2) is 14.6 Å². The van der Waals surface area contributed by atoms with Crippen molar-refractivity contribution >= 4 is 39.9 Å². The van der Waals surface area contributed by atoms with Crippen LogP contribution >= 0.6 is 0 Å². The van der Waals surface area contributed by atoms with Gasteiger partial charge in [0.1, 0.15) is 34.1 Å². The average Bonchev–Trinajstić information content (AvgIpc) is 0.807. The van der Waals surface area contributed by atoms with Crippen LogP contribution in [0.4, 0.5) is 0 Å². The summed E-state index contributed by atoms with van der Waals surface area (Å²) in [6.45, 7) is 48.8. The predicted molar refractivity (Wildman–Crippen MR) is 399 cm³/mol. The van der Waals surface area contributed by atoms with Gasteiger partial charge in [-0.1, -0.05) is 177 Å². The van der Waals surface area contributed by atoms with Crippen molar-refractivity contribution in [1.82, 2.24) is 15.3 Å². The Morgan fingerprint density at radius 3 is 1.32 bits per heavy atom. The summed E-state index contributed by atoms with van der Waals surface area (Å²) in [5.41, 5.74) is 25.1. The Morgan fingerprint density at radius 1 is 0.459 bits per heavy atom.